The minimum atomic E-state index is -0.475. The van der Waals surface area contributed by atoms with E-state index in [1.54, 1.807) is 26.4 Å². The summed E-state index contributed by atoms with van der Waals surface area (Å²) in [6.45, 7) is 12.2. The number of nitrogens with one attached hydrogen (secondary N) is 1. The molecule has 1 aromatic carbocycles. The molecule has 0 amide bonds. The average molecular weight is 433 g/mol. The van der Waals surface area contributed by atoms with E-state index in [2.05, 4.69) is 50.9 Å². The van der Waals surface area contributed by atoms with Crippen LogP contribution in [0.2, 0.25) is 0 Å². The maximum atomic E-state index is 11.6. The van der Waals surface area contributed by atoms with Crippen molar-refractivity contribution in [1.82, 2.24) is 10.2 Å². The molecule has 0 saturated carbocycles. The molecule has 0 radical (unpaired) electrons. The van der Waals surface area contributed by atoms with Crippen LogP contribution in [0.5, 0.6) is 11.5 Å². The van der Waals surface area contributed by atoms with Crippen molar-refractivity contribution in [2.24, 2.45) is 0 Å². The van der Waals surface area contributed by atoms with Crippen molar-refractivity contribution in [1.29, 1.82) is 0 Å². The normalized spacial score (nSPS) is 12.2. The minimum absolute atomic E-state index is 0.0760. The molecule has 7 heteroatoms. The largest absolute Gasteiger partial charge is 0.493 e. The van der Waals surface area contributed by atoms with Gasteiger partial charge in [-0.1, -0.05) is 6.07 Å². The Morgan fingerprint density at radius 2 is 1.68 bits per heavy atom. The molecule has 0 saturated heterocycles. The van der Waals surface area contributed by atoms with Gasteiger partial charge >= 0.3 is 5.97 Å². The summed E-state index contributed by atoms with van der Waals surface area (Å²) in [7, 11) is 4.63. The Morgan fingerprint density at radius 1 is 1.00 bits per heavy atom. The monoisotopic (exact) mass is 432 g/mol. The van der Waals surface area contributed by atoms with Crippen molar-refractivity contribution in [2.75, 3.05) is 27.9 Å². The van der Waals surface area contributed by atoms with Gasteiger partial charge in [-0.05, 0) is 70.9 Å². The number of ether oxygens (including phenoxy) is 3. The number of furan rings is 1. The molecule has 0 unspecified atom stereocenters. The highest BCUT2D eigenvalue weighted by Gasteiger charge is 2.34. The van der Waals surface area contributed by atoms with Crippen LogP contribution in [0.4, 0.5) is 0 Å². The fraction of sp³-hybridized carbons (Fsp3) is 0.542. The SMILES string of the molecule is COC(=O)c1ccc(CNC(C)(C)N(CCc2ccc(OC)c(OC)c2)C(C)(C)C)o1. The fourth-order valence-electron chi connectivity index (χ4n) is 3.81. The summed E-state index contributed by atoms with van der Waals surface area (Å²) in [5.41, 5.74) is 0.775. The summed E-state index contributed by atoms with van der Waals surface area (Å²) in [4.78, 5) is 14.0. The van der Waals surface area contributed by atoms with Crippen LogP contribution in [-0.4, -0.2) is 49.9 Å². The summed E-state index contributed by atoms with van der Waals surface area (Å²) < 4.78 is 21.1. The Hall–Kier alpha value is -2.51. The van der Waals surface area contributed by atoms with Crippen molar-refractivity contribution >= 4 is 5.97 Å². The highest BCUT2D eigenvalue weighted by Crippen LogP contribution is 2.29. The van der Waals surface area contributed by atoms with Gasteiger partial charge in [-0.2, -0.15) is 0 Å². The van der Waals surface area contributed by atoms with E-state index in [0.29, 0.717) is 12.3 Å². The molecule has 0 aliphatic heterocycles. The van der Waals surface area contributed by atoms with Crippen LogP contribution in [0.1, 0.15) is 56.5 Å². The van der Waals surface area contributed by atoms with Crippen LogP contribution < -0.4 is 14.8 Å². The Kier molecular flexibility index (Phi) is 8.14. The zero-order chi connectivity index (χ0) is 23.2. The molecule has 0 spiro atoms. The van der Waals surface area contributed by atoms with Gasteiger partial charge in [0, 0.05) is 12.1 Å². The van der Waals surface area contributed by atoms with Crippen LogP contribution in [0.3, 0.4) is 0 Å². The quantitative estimate of drug-likeness (QED) is 0.444. The first-order chi connectivity index (χ1) is 14.5. The van der Waals surface area contributed by atoms with Crippen molar-refractivity contribution in [3.63, 3.8) is 0 Å². The number of hydrogen-bond donors (Lipinski definition) is 1. The molecular formula is C24H36N2O5. The van der Waals surface area contributed by atoms with Crippen LogP contribution in [-0.2, 0) is 17.7 Å². The molecule has 0 atom stereocenters. The van der Waals surface area contributed by atoms with Gasteiger partial charge in [-0.3, -0.25) is 10.2 Å². The molecule has 172 valence electrons. The van der Waals surface area contributed by atoms with Gasteiger partial charge in [0.25, 0.3) is 0 Å². The van der Waals surface area contributed by atoms with Gasteiger partial charge in [-0.25, -0.2) is 4.79 Å². The topological polar surface area (TPSA) is 73.2 Å². The molecule has 0 aliphatic rings. The maximum Gasteiger partial charge on any atom is 0.373 e. The lowest BCUT2D eigenvalue weighted by atomic mass is 9.98. The predicted molar refractivity (Wildman–Crippen MR) is 121 cm³/mol. The molecule has 1 heterocycles. The van der Waals surface area contributed by atoms with Gasteiger partial charge in [0.1, 0.15) is 5.76 Å². The number of hydrogen-bond acceptors (Lipinski definition) is 7. The lowest BCUT2D eigenvalue weighted by Gasteiger charge is -2.47. The van der Waals surface area contributed by atoms with Crippen molar-refractivity contribution in [2.45, 2.75) is 58.8 Å². The number of benzene rings is 1. The maximum absolute atomic E-state index is 11.6. The second kappa shape index (κ2) is 10.2. The number of esters is 1. The smallest absolute Gasteiger partial charge is 0.373 e. The predicted octanol–water partition coefficient (Wildman–Crippen LogP) is 4.25. The fourth-order valence-corrected chi connectivity index (χ4v) is 3.81. The lowest BCUT2D eigenvalue weighted by molar-refractivity contribution is 0.00331. The molecule has 1 aromatic heterocycles. The van der Waals surface area contributed by atoms with Gasteiger partial charge in [0.2, 0.25) is 5.76 Å². The standard InChI is InChI=1S/C24H36N2O5/c1-23(2,3)26(14-13-17-9-11-19(28-6)21(15-17)29-7)24(4,5)25-16-18-10-12-20(31-18)22(27)30-8/h9-12,15,25H,13-14,16H2,1-8H3. The first-order valence-corrected chi connectivity index (χ1v) is 10.4. The molecule has 31 heavy (non-hydrogen) atoms. The van der Waals surface area contributed by atoms with E-state index in [4.69, 9.17) is 18.6 Å². The summed E-state index contributed by atoms with van der Waals surface area (Å²) in [5, 5.41) is 3.56. The first kappa shape index (κ1) is 24.8. The highest BCUT2D eigenvalue weighted by molar-refractivity contribution is 5.86. The Labute approximate surface area is 185 Å². The minimum Gasteiger partial charge on any atom is -0.493 e. The summed E-state index contributed by atoms with van der Waals surface area (Å²) in [6.07, 6.45) is 0.857. The van der Waals surface area contributed by atoms with E-state index in [1.165, 1.54) is 12.7 Å². The molecular weight excluding hydrogens is 396 g/mol. The van der Waals surface area contributed by atoms with Gasteiger partial charge in [0.15, 0.2) is 11.5 Å². The van der Waals surface area contributed by atoms with E-state index in [-0.39, 0.29) is 17.0 Å². The third kappa shape index (κ3) is 6.48. The molecule has 0 aliphatic carbocycles. The van der Waals surface area contributed by atoms with Crippen LogP contribution >= 0.6 is 0 Å². The third-order valence-electron chi connectivity index (χ3n) is 5.30. The number of carbonyl (C=O) groups excluding carboxylic acids is 1. The van der Waals surface area contributed by atoms with Crippen LogP contribution in [0.15, 0.2) is 34.7 Å². The average Bonchev–Trinajstić information content (AvgIpc) is 3.19. The molecule has 0 bridgehead atoms. The summed E-state index contributed by atoms with van der Waals surface area (Å²) in [6, 6.07) is 9.46. The van der Waals surface area contributed by atoms with E-state index < -0.39 is 5.97 Å². The molecule has 1 N–H and O–H groups in total. The Balaban J connectivity index is 2.10. The molecule has 2 rings (SSSR count). The van der Waals surface area contributed by atoms with Gasteiger partial charge in [-0.15, -0.1) is 0 Å². The van der Waals surface area contributed by atoms with Crippen molar-refractivity contribution < 1.29 is 23.4 Å². The first-order valence-electron chi connectivity index (χ1n) is 10.4. The van der Waals surface area contributed by atoms with Crippen LogP contribution in [0, 0.1) is 0 Å². The second-order valence-corrected chi connectivity index (χ2v) is 8.93. The van der Waals surface area contributed by atoms with E-state index in [9.17, 15) is 4.79 Å². The number of nitrogens with zero attached hydrogens (tertiary/aromatic N) is 1. The van der Waals surface area contributed by atoms with Gasteiger partial charge < -0.3 is 18.6 Å². The molecule has 7 nitrogen and oxygen atoms in total. The zero-order valence-electron chi connectivity index (χ0n) is 20.0. The Bertz CT molecular complexity index is 867. The van der Waals surface area contributed by atoms with Crippen LogP contribution in [0.25, 0.3) is 0 Å². The van der Waals surface area contributed by atoms with Crippen molar-refractivity contribution in [3.8, 4) is 11.5 Å². The summed E-state index contributed by atoms with van der Waals surface area (Å²) in [5.74, 6) is 1.88. The Morgan fingerprint density at radius 3 is 2.26 bits per heavy atom. The van der Waals surface area contributed by atoms with E-state index in [0.717, 1.165) is 24.5 Å². The lowest BCUT2D eigenvalue weighted by Crippen LogP contribution is -2.61. The zero-order valence-corrected chi connectivity index (χ0v) is 20.0. The molecule has 2 aromatic rings. The van der Waals surface area contributed by atoms with Gasteiger partial charge in [0.05, 0.1) is 33.5 Å². The van der Waals surface area contributed by atoms with E-state index in [1.807, 2.05) is 12.1 Å². The third-order valence-corrected chi connectivity index (χ3v) is 5.30. The summed E-state index contributed by atoms with van der Waals surface area (Å²) >= 11 is 0. The highest BCUT2D eigenvalue weighted by atomic mass is 16.5. The number of rotatable bonds is 10. The number of carbonyl (C=O) groups is 1. The van der Waals surface area contributed by atoms with E-state index >= 15 is 0 Å². The second-order valence-electron chi connectivity index (χ2n) is 8.93. The number of methoxy groups -OCH3 is 3. The molecule has 0 fully saturated rings. The van der Waals surface area contributed by atoms with Crippen molar-refractivity contribution in [3.05, 3.63) is 47.4 Å².